The van der Waals surface area contributed by atoms with Crippen molar-refractivity contribution in [1.29, 1.82) is 0 Å². The largest absolute Gasteiger partial charge is 0.466 e. The van der Waals surface area contributed by atoms with E-state index in [0.29, 0.717) is 5.56 Å². The minimum absolute atomic E-state index is 0.0140. The number of hydrogen-bond acceptors (Lipinski definition) is 6. The summed E-state index contributed by atoms with van der Waals surface area (Å²) in [4.78, 5) is 15.3. The van der Waals surface area contributed by atoms with Gasteiger partial charge in [-0.1, -0.05) is 0 Å². The average Bonchev–Trinajstić information content (AvgIpc) is 2.30. The lowest BCUT2D eigenvalue weighted by Crippen LogP contribution is -2.25. The smallest absolute Gasteiger partial charge is 0.313 e. The number of hydrogen-bond donors (Lipinski definition) is 1. The number of sulfonamides is 1. The molecule has 19 heavy (non-hydrogen) atoms. The van der Waals surface area contributed by atoms with E-state index in [2.05, 4.69) is 14.7 Å². The molecule has 0 spiro atoms. The lowest BCUT2D eigenvalue weighted by molar-refractivity contribution is -0.141. The summed E-state index contributed by atoms with van der Waals surface area (Å²) in [7, 11) is -3.82. The molecular formula is C11H13N3O4S. The van der Waals surface area contributed by atoms with Gasteiger partial charge in [0.2, 0.25) is 0 Å². The predicted molar refractivity (Wildman–Crippen MR) is 68.5 cm³/mol. The molecule has 0 atom stereocenters. The van der Waals surface area contributed by atoms with Crippen LogP contribution in [0.15, 0.2) is 21.6 Å². The highest BCUT2D eigenvalue weighted by Gasteiger charge is 2.27. The van der Waals surface area contributed by atoms with Crippen LogP contribution < -0.4 is 5.32 Å². The number of amidine groups is 1. The van der Waals surface area contributed by atoms with Gasteiger partial charge in [-0.3, -0.25) is 4.79 Å². The highest BCUT2D eigenvalue weighted by Crippen LogP contribution is 2.26. The molecule has 0 saturated heterocycles. The standard InChI is InChI=1S/C11H13N3O4S/c1-3-18-10(15)5-9-13-11-8(19(16,17)14-9)4-7(2)6-12-11/h4,6H,3,5H2,1-2H3,(H,12,13,14). The quantitative estimate of drug-likeness (QED) is 0.826. The van der Waals surface area contributed by atoms with Crippen molar-refractivity contribution >= 4 is 27.6 Å². The molecule has 0 saturated carbocycles. The molecule has 2 rings (SSSR count). The van der Waals surface area contributed by atoms with Gasteiger partial charge in [-0.2, -0.15) is 8.42 Å². The summed E-state index contributed by atoms with van der Waals surface area (Å²) < 4.78 is 32.2. The van der Waals surface area contributed by atoms with Crippen LogP contribution in [0.25, 0.3) is 0 Å². The van der Waals surface area contributed by atoms with Gasteiger partial charge in [-0.05, 0) is 25.5 Å². The second kappa shape index (κ2) is 4.96. The van der Waals surface area contributed by atoms with E-state index in [4.69, 9.17) is 4.74 Å². The van der Waals surface area contributed by atoms with Crippen LogP contribution in [0, 0.1) is 6.92 Å². The van der Waals surface area contributed by atoms with Crippen molar-refractivity contribution in [1.82, 2.24) is 4.98 Å². The van der Waals surface area contributed by atoms with Crippen molar-refractivity contribution in [3.05, 3.63) is 17.8 Å². The van der Waals surface area contributed by atoms with Gasteiger partial charge in [0.15, 0.2) is 5.82 Å². The number of carbonyl (C=O) groups excluding carboxylic acids is 1. The maximum atomic E-state index is 12.0. The van der Waals surface area contributed by atoms with Gasteiger partial charge in [-0.15, -0.1) is 4.40 Å². The van der Waals surface area contributed by atoms with E-state index >= 15 is 0 Å². The molecule has 1 aliphatic heterocycles. The van der Waals surface area contributed by atoms with Crippen LogP contribution in [0.4, 0.5) is 5.82 Å². The Labute approximate surface area is 110 Å². The molecule has 8 heteroatoms. The molecule has 0 amide bonds. The molecule has 102 valence electrons. The number of pyridine rings is 1. The Balaban J connectivity index is 2.32. The summed E-state index contributed by atoms with van der Waals surface area (Å²) >= 11 is 0. The molecule has 1 aromatic rings. The maximum Gasteiger partial charge on any atom is 0.313 e. The van der Waals surface area contributed by atoms with E-state index in [1.807, 2.05) is 0 Å². The van der Waals surface area contributed by atoms with E-state index in [1.54, 1.807) is 13.8 Å². The summed E-state index contributed by atoms with van der Waals surface area (Å²) in [6, 6.07) is 1.48. The minimum atomic E-state index is -3.82. The van der Waals surface area contributed by atoms with Crippen molar-refractivity contribution in [2.45, 2.75) is 25.2 Å². The fraction of sp³-hybridized carbons (Fsp3) is 0.364. The Morgan fingerprint density at radius 2 is 2.21 bits per heavy atom. The SMILES string of the molecule is CCOC(=O)CC1=NS(=O)(=O)c2cc(C)cnc2N1. The lowest BCUT2D eigenvalue weighted by Gasteiger charge is -2.16. The lowest BCUT2D eigenvalue weighted by atomic mass is 10.3. The van der Waals surface area contributed by atoms with E-state index < -0.39 is 16.0 Å². The Morgan fingerprint density at radius 3 is 2.89 bits per heavy atom. The number of nitrogens with one attached hydrogen (secondary N) is 1. The zero-order valence-electron chi connectivity index (χ0n) is 10.5. The summed E-state index contributed by atoms with van der Waals surface area (Å²) in [6.45, 7) is 3.64. The van der Waals surface area contributed by atoms with Crippen molar-refractivity contribution in [3.63, 3.8) is 0 Å². The number of rotatable bonds is 3. The number of carbonyl (C=O) groups is 1. The molecule has 0 unspecified atom stereocenters. The number of fused-ring (bicyclic) bond motifs is 1. The van der Waals surface area contributed by atoms with Crippen LogP contribution >= 0.6 is 0 Å². The first-order valence-electron chi connectivity index (χ1n) is 5.65. The summed E-state index contributed by atoms with van der Waals surface area (Å²) in [6.07, 6.45) is 1.30. The summed E-state index contributed by atoms with van der Waals surface area (Å²) in [5.41, 5.74) is 0.716. The van der Waals surface area contributed by atoms with Crippen LogP contribution in [0.2, 0.25) is 0 Å². The second-order valence-corrected chi connectivity index (χ2v) is 5.55. The van der Waals surface area contributed by atoms with Crippen molar-refractivity contribution in [2.75, 3.05) is 11.9 Å². The summed E-state index contributed by atoms with van der Waals surface area (Å²) in [5, 5.41) is 2.73. The highest BCUT2D eigenvalue weighted by molar-refractivity contribution is 7.90. The first-order valence-corrected chi connectivity index (χ1v) is 7.09. The molecule has 0 fully saturated rings. The molecular weight excluding hydrogens is 270 g/mol. The molecule has 0 radical (unpaired) electrons. The number of esters is 1. The van der Waals surface area contributed by atoms with Gasteiger partial charge in [0.1, 0.15) is 17.2 Å². The topological polar surface area (TPSA) is 97.7 Å². The monoisotopic (exact) mass is 283 g/mol. The van der Waals surface area contributed by atoms with Crippen LogP contribution in [0.3, 0.4) is 0 Å². The molecule has 1 N–H and O–H groups in total. The fourth-order valence-electron chi connectivity index (χ4n) is 1.61. The molecule has 0 aromatic carbocycles. The van der Waals surface area contributed by atoms with E-state index in [-0.39, 0.29) is 29.6 Å². The predicted octanol–water partition coefficient (Wildman–Crippen LogP) is 0.856. The molecule has 2 heterocycles. The number of aromatic nitrogens is 1. The zero-order chi connectivity index (χ0) is 14.0. The third-order valence-corrected chi connectivity index (χ3v) is 3.71. The normalized spacial score (nSPS) is 16.0. The van der Waals surface area contributed by atoms with E-state index in [9.17, 15) is 13.2 Å². The number of nitrogens with zero attached hydrogens (tertiary/aromatic N) is 2. The van der Waals surface area contributed by atoms with Gasteiger partial charge < -0.3 is 10.1 Å². The Morgan fingerprint density at radius 1 is 1.47 bits per heavy atom. The maximum absolute atomic E-state index is 12.0. The first kappa shape index (κ1) is 13.5. The van der Waals surface area contributed by atoms with Gasteiger partial charge >= 0.3 is 5.97 Å². The highest BCUT2D eigenvalue weighted by atomic mass is 32.2. The van der Waals surface area contributed by atoms with Crippen LogP contribution in [0.5, 0.6) is 0 Å². The van der Waals surface area contributed by atoms with Crippen molar-refractivity contribution in [3.8, 4) is 0 Å². The minimum Gasteiger partial charge on any atom is -0.466 e. The number of ether oxygens (including phenoxy) is 1. The molecule has 1 aromatic heterocycles. The first-order chi connectivity index (χ1) is 8.92. The number of anilines is 1. The van der Waals surface area contributed by atoms with E-state index in [0.717, 1.165) is 0 Å². The van der Waals surface area contributed by atoms with Gasteiger partial charge in [0.25, 0.3) is 10.0 Å². The van der Waals surface area contributed by atoms with Gasteiger partial charge in [0.05, 0.1) is 6.61 Å². The van der Waals surface area contributed by atoms with Crippen molar-refractivity contribution in [2.24, 2.45) is 4.40 Å². The zero-order valence-corrected chi connectivity index (χ0v) is 11.3. The van der Waals surface area contributed by atoms with Gasteiger partial charge in [-0.25, -0.2) is 4.98 Å². The molecule has 0 bridgehead atoms. The average molecular weight is 283 g/mol. The second-order valence-electron chi connectivity index (χ2n) is 3.98. The van der Waals surface area contributed by atoms with Crippen LogP contribution in [-0.2, 0) is 19.6 Å². The van der Waals surface area contributed by atoms with Crippen LogP contribution in [0.1, 0.15) is 18.9 Å². The molecule has 1 aliphatic rings. The molecule has 7 nitrogen and oxygen atoms in total. The number of aryl methyl sites for hydroxylation is 1. The Bertz CT molecular complexity index is 652. The Hall–Kier alpha value is -1.96. The third-order valence-electron chi connectivity index (χ3n) is 2.38. The Kier molecular flexibility index (Phi) is 3.52. The van der Waals surface area contributed by atoms with Crippen LogP contribution in [-0.4, -0.2) is 31.8 Å². The third kappa shape index (κ3) is 2.90. The van der Waals surface area contributed by atoms with Gasteiger partial charge in [0, 0.05) is 6.20 Å². The van der Waals surface area contributed by atoms with Crippen molar-refractivity contribution < 1.29 is 17.9 Å². The summed E-state index contributed by atoms with van der Waals surface area (Å²) in [5.74, 6) is -0.346. The molecule has 0 aliphatic carbocycles. The fourth-order valence-corrected chi connectivity index (χ4v) is 2.79. The van der Waals surface area contributed by atoms with E-state index in [1.165, 1.54) is 12.3 Å².